The van der Waals surface area contributed by atoms with Gasteiger partial charge in [-0.1, -0.05) is 61.5 Å². The average Bonchev–Trinajstić information content (AvgIpc) is 4.01. The molecular weight excluding hydrogens is 733 g/mol. The molecule has 4 heterocycles. The van der Waals surface area contributed by atoms with E-state index in [2.05, 4.69) is 43.7 Å². The Morgan fingerprint density at radius 3 is 2.52 bits per heavy atom. The molecule has 2 aromatic carbocycles. The lowest BCUT2D eigenvalue weighted by molar-refractivity contribution is -0.209. The highest BCUT2D eigenvalue weighted by Gasteiger charge is 2.51. The van der Waals surface area contributed by atoms with Gasteiger partial charge in [0, 0.05) is 44.7 Å². The molecule has 15 nitrogen and oxygen atoms in total. The van der Waals surface area contributed by atoms with Gasteiger partial charge in [0.1, 0.15) is 6.10 Å². The van der Waals surface area contributed by atoms with Crippen LogP contribution in [0.2, 0.25) is 0 Å². The van der Waals surface area contributed by atoms with Crippen LogP contribution in [-0.4, -0.2) is 112 Å². The Balaban J connectivity index is 1.19. The summed E-state index contributed by atoms with van der Waals surface area (Å²) in [4.78, 5) is 53.4. The van der Waals surface area contributed by atoms with Crippen molar-refractivity contribution in [3.63, 3.8) is 0 Å². The van der Waals surface area contributed by atoms with Crippen LogP contribution in [-0.2, 0) is 20.7 Å². The molecule has 0 radical (unpaired) electrons. The third kappa shape index (κ3) is 8.65. The van der Waals surface area contributed by atoms with Gasteiger partial charge < -0.3 is 45.9 Å². The number of urea groups is 1. The highest BCUT2D eigenvalue weighted by Crippen LogP contribution is 2.38. The number of imidazole rings is 1. The van der Waals surface area contributed by atoms with E-state index in [1.165, 1.54) is 10.9 Å². The number of fused-ring (bicyclic) bond motifs is 1. The van der Waals surface area contributed by atoms with E-state index in [1.54, 1.807) is 6.92 Å². The van der Waals surface area contributed by atoms with Gasteiger partial charge in [-0.3, -0.25) is 4.79 Å². The topological polar surface area (TPSA) is 188 Å². The minimum absolute atomic E-state index is 0.0510. The van der Waals surface area contributed by atoms with Crippen molar-refractivity contribution in [3.05, 3.63) is 66.5 Å². The van der Waals surface area contributed by atoms with Crippen LogP contribution < -0.4 is 31.5 Å². The summed E-state index contributed by atoms with van der Waals surface area (Å²) in [6.07, 6.45) is -5.24. The van der Waals surface area contributed by atoms with Gasteiger partial charge in [0.05, 0.1) is 18.4 Å². The maximum Gasteiger partial charge on any atom is 0.490 e. The molecule has 3 fully saturated rings. The van der Waals surface area contributed by atoms with Gasteiger partial charge in [-0.05, 0) is 48.9 Å². The van der Waals surface area contributed by atoms with E-state index in [-0.39, 0.29) is 42.6 Å². The van der Waals surface area contributed by atoms with E-state index < -0.39 is 42.3 Å². The van der Waals surface area contributed by atoms with Crippen LogP contribution in [0.25, 0.3) is 22.3 Å². The highest BCUT2D eigenvalue weighted by atomic mass is 19.4. The van der Waals surface area contributed by atoms with Crippen molar-refractivity contribution < 1.29 is 37.4 Å². The molecule has 2 aliphatic heterocycles. The number of benzene rings is 2. The van der Waals surface area contributed by atoms with Gasteiger partial charge in [0.2, 0.25) is 11.9 Å². The van der Waals surface area contributed by atoms with Gasteiger partial charge in [-0.2, -0.15) is 23.1 Å². The first-order valence-corrected chi connectivity index (χ1v) is 18.9. The number of esters is 1. The van der Waals surface area contributed by atoms with Crippen molar-refractivity contribution in [3.8, 4) is 11.1 Å². The molecular formula is C38H45F3N10O5. The van der Waals surface area contributed by atoms with E-state index in [0.29, 0.717) is 50.4 Å². The number of carbonyl (C=O) groups excluding carboxylic acids is 3. The van der Waals surface area contributed by atoms with Gasteiger partial charge in [-0.15, -0.1) is 0 Å². The second-order valence-corrected chi connectivity index (χ2v) is 14.3. The van der Waals surface area contributed by atoms with Crippen LogP contribution in [0.3, 0.4) is 0 Å². The lowest BCUT2D eigenvalue weighted by Gasteiger charge is -2.25. The zero-order chi connectivity index (χ0) is 39.4. The number of aromatic nitrogens is 4. The lowest BCUT2D eigenvalue weighted by Crippen LogP contribution is -2.47. The number of hydrogen-bond donors (Lipinski definition) is 6. The molecule has 0 bridgehead atoms. The first kappa shape index (κ1) is 38.8. The van der Waals surface area contributed by atoms with Gasteiger partial charge in [0.25, 0.3) is 0 Å². The van der Waals surface area contributed by atoms with Gasteiger partial charge in [0.15, 0.2) is 23.1 Å². The number of aliphatic hydroxyl groups is 1. The standard InChI is InChI=1S/C38H45F3N10O5/c1-2-29(52)47-27-18-28(32(31(27)53)56-35(54)38(39,40)41)51-21-44-30-33(43-16-12-23-10-6-7-11-26(23)22-8-4-3-5-9-22)48-36(49-34(30)51)50-17-14-25(20-50)46-37(55)45-24-13-15-42-19-24/h3-11,21,24-25,27-28,31-32,42,53H,2,12-20H2,1H3,(H,47,52)(H,43,48,49)(H2,45,46,55)/t24-,25-,27+,28-,31-,32+/m1/s1. The third-order valence-electron chi connectivity index (χ3n) is 10.5. The average molecular weight is 779 g/mol. The number of nitrogens with zero attached hydrogens (tertiary/aromatic N) is 5. The maximum absolute atomic E-state index is 13.5. The van der Waals surface area contributed by atoms with Crippen molar-refractivity contribution >= 4 is 40.8 Å². The predicted octanol–water partition coefficient (Wildman–Crippen LogP) is 3.06. The lowest BCUT2D eigenvalue weighted by atomic mass is 9.98. The molecule has 2 saturated heterocycles. The Bertz CT molecular complexity index is 2030. The summed E-state index contributed by atoms with van der Waals surface area (Å²) >= 11 is 0. The second kappa shape index (κ2) is 16.7. The molecule has 18 heteroatoms. The molecule has 0 spiro atoms. The highest BCUT2D eigenvalue weighted by molar-refractivity contribution is 5.85. The second-order valence-electron chi connectivity index (χ2n) is 14.3. The zero-order valence-corrected chi connectivity index (χ0v) is 30.8. The largest absolute Gasteiger partial charge is 0.490 e. The van der Waals surface area contributed by atoms with Crippen LogP contribution in [0.4, 0.5) is 29.7 Å². The maximum atomic E-state index is 13.5. The molecule has 0 unspecified atom stereocenters. The number of hydrogen-bond acceptors (Lipinski definition) is 11. The Hall–Kier alpha value is -5.49. The van der Waals surface area contributed by atoms with E-state index in [9.17, 15) is 32.7 Å². The van der Waals surface area contributed by atoms with Gasteiger partial charge in [-0.25, -0.2) is 14.6 Å². The first-order valence-electron chi connectivity index (χ1n) is 18.9. The minimum Gasteiger partial charge on any atom is -0.451 e. The molecule has 1 saturated carbocycles. The van der Waals surface area contributed by atoms with E-state index in [4.69, 9.17) is 14.7 Å². The molecule has 298 valence electrons. The summed E-state index contributed by atoms with van der Waals surface area (Å²) < 4.78 is 46.7. The quantitative estimate of drug-likeness (QED) is 0.116. The predicted molar refractivity (Wildman–Crippen MR) is 201 cm³/mol. The normalized spacial score (nSPS) is 23.6. The number of nitrogens with one attached hydrogen (secondary N) is 5. The smallest absolute Gasteiger partial charge is 0.451 e. The number of amides is 3. The van der Waals surface area contributed by atoms with Crippen LogP contribution >= 0.6 is 0 Å². The van der Waals surface area contributed by atoms with Crippen molar-refractivity contribution in [2.75, 3.05) is 42.9 Å². The Morgan fingerprint density at radius 2 is 1.77 bits per heavy atom. The zero-order valence-electron chi connectivity index (χ0n) is 30.8. The Kier molecular flexibility index (Phi) is 11.6. The summed E-state index contributed by atoms with van der Waals surface area (Å²) in [6, 6.07) is 15.6. The van der Waals surface area contributed by atoms with Crippen LogP contribution in [0, 0.1) is 0 Å². The van der Waals surface area contributed by atoms with Crippen molar-refractivity contribution in [2.45, 2.75) is 81.6 Å². The number of rotatable bonds is 12. The number of halogens is 3. The number of alkyl halides is 3. The SMILES string of the molecule is CCC(=O)N[C@H]1C[C@@H](n2cnc3c(NCCc4ccccc4-c4ccccc4)nc(N4CC[C@@H](NC(=O)N[C@@H]5CCNC5)C4)nc32)[C@H](OC(=O)C(F)(F)F)[C@@H]1O. The fourth-order valence-corrected chi connectivity index (χ4v) is 7.67. The number of anilines is 2. The Labute approximate surface area is 320 Å². The summed E-state index contributed by atoms with van der Waals surface area (Å²) in [5.41, 5.74) is 3.78. The van der Waals surface area contributed by atoms with Crippen molar-refractivity contribution in [1.29, 1.82) is 0 Å². The number of aliphatic hydroxyl groups excluding tert-OH is 1. The summed E-state index contributed by atoms with van der Waals surface area (Å²) in [7, 11) is 0. The molecule has 4 aromatic rings. The number of ether oxygens (including phenoxy) is 1. The molecule has 3 aliphatic rings. The molecule has 6 N–H and O–H groups in total. The summed E-state index contributed by atoms with van der Waals surface area (Å²) in [5, 5.41) is 26.5. The first-order chi connectivity index (χ1) is 27.0. The molecule has 2 aromatic heterocycles. The Morgan fingerprint density at radius 1 is 1.00 bits per heavy atom. The summed E-state index contributed by atoms with van der Waals surface area (Å²) in [5.74, 6) is -2.24. The van der Waals surface area contributed by atoms with Crippen molar-refractivity contribution in [1.82, 2.24) is 40.8 Å². The van der Waals surface area contributed by atoms with Crippen LogP contribution in [0.1, 0.15) is 44.2 Å². The van der Waals surface area contributed by atoms with Gasteiger partial charge >= 0.3 is 18.2 Å². The van der Waals surface area contributed by atoms with Crippen LogP contribution in [0.5, 0.6) is 0 Å². The third-order valence-corrected chi connectivity index (χ3v) is 10.5. The minimum atomic E-state index is -5.32. The van der Waals surface area contributed by atoms with E-state index in [0.717, 1.165) is 29.7 Å². The molecule has 56 heavy (non-hydrogen) atoms. The molecule has 6 atom stereocenters. The molecule has 7 rings (SSSR count). The monoisotopic (exact) mass is 778 g/mol. The summed E-state index contributed by atoms with van der Waals surface area (Å²) in [6.45, 7) is 4.47. The van der Waals surface area contributed by atoms with E-state index in [1.807, 2.05) is 47.4 Å². The molecule has 3 amide bonds. The fraction of sp³-hybridized carbons (Fsp3) is 0.474. The van der Waals surface area contributed by atoms with Crippen molar-refractivity contribution in [2.24, 2.45) is 0 Å². The molecule has 1 aliphatic carbocycles. The van der Waals surface area contributed by atoms with E-state index >= 15 is 0 Å². The fourth-order valence-electron chi connectivity index (χ4n) is 7.67. The van der Waals surface area contributed by atoms with Crippen LogP contribution in [0.15, 0.2) is 60.9 Å². The number of carbonyl (C=O) groups is 3.